The van der Waals surface area contributed by atoms with Crippen molar-refractivity contribution in [1.29, 1.82) is 0 Å². The fourth-order valence-electron chi connectivity index (χ4n) is 3.05. The van der Waals surface area contributed by atoms with Crippen molar-refractivity contribution in [2.24, 2.45) is 5.73 Å². The van der Waals surface area contributed by atoms with Crippen LogP contribution in [0.1, 0.15) is 55.6 Å². The fraction of sp³-hybridized carbons (Fsp3) is 0.579. The van der Waals surface area contributed by atoms with Gasteiger partial charge in [-0.15, -0.1) is 0 Å². The van der Waals surface area contributed by atoms with Crippen LogP contribution in [0.15, 0.2) is 24.3 Å². The van der Waals surface area contributed by atoms with Gasteiger partial charge in [-0.2, -0.15) is 0 Å². The first-order valence-corrected chi connectivity index (χ1v) is 8.14. The highest BCUT2D eigenvalue weighted by atomic mass is 16.5. The molecule has 3 heteroatoms. The molecule has 1 aliphatic carbocycles. The molecule has 0 amide bonds. The molecule has 1 fully saturated rings. The summed E-state index contributed by atoms with van der Waals surface area (Å²) in [6.45, 7) is 0.893. The van der Waals surface area contributed by atoms with Crippen LogP contribution < -0.4 is 5.73 Å². The predicted octanol–water partition coefficient (Wildman–Crippen LogP) is 2.81. The maximum Gasteiger partial charge on any atom is 0.0611 e. The second-order valence-electron chi connectivity index (χ2n) is 6.33. The molecule has 22 heavy (non-hydrogen) atoms. The van der Waals surface area contributed by atoms with E-state index in [1.165, 1.54) is 5.56 Å². The number of aliphatic hydroxyl groups is 1. The Bertz CT molecular complexity index is 514. The van der Waals surface area contributed by atoms with Gasteiger partial charge in [0.2, 0.25) is 0 Å². The molecule has 1 saturated carbocycles. The van der Waals surface area contributed by atoms with Crippen LogP contribution in [-0.2, 0) is 4.74 Å². The number of benzene rings is 1. The molecule has 0 spiro atoms. The molecule has 3 N–H and O–H groups in total. The molecule has 1 aliphatic rings. The van der Waals surface area contributed by atoms with E-state index in [9.17, 15) is 5.11 Å². The second kappa shape index (κ2) is 8.33. The van der Waals surface area contributed by atoms with Crippen molar-refractivity contribution in [3.8, 4) is 11.8 Å². The van der Waals surface area contributed by atoms with E-state index in [0.717, 1.165) is 50.7 Å². The van der Waals surface area contributed by atoms with Crippen molar-refractivity contribution < 1.29 is 9.84 Å². The Morgan fingerprint density at radius 1 is 1.32 bits per heavy atom. The van der Waals surface area contributed by atoms with Crippen LogP contribution in [0.3, 0.4) is 0 Å². The molecule has 1 aromatic carbocycles. The van der Waals surface area contributed by atoms with E-state index in [1.807, 2.05) is 0 Å². The van der Waals surface area contributed by atoms with Crippen LogP contribution in [0.2, 0.25) is 0 Å². The summed E-state index contributed by atoms with van der Waals surface area (Å²) in [7, 11) is 1.73. The van der Waals surface area contributed by atoms with Crippen LogP contribution in [0.4, 0.5) is 0 Å². The number of nitrogens with two attached hydrogens (primary N) is 1. The lowest BCUT2D eigenvalue weighted by Gasteiger charge is -2.20. The van der Waals surface area contributed by atoms with E-state index in [1.54, 1.807) is 7.11 Å². The SMILES string of the molecule is COCCCCC#Cc1ccc([C@@H]2CC[C@@](N)(CO)C2)cc1. The van der Waals surface area contributed by atoms with Gasteiger partial charge in [0.25, 0.3) is 0 Å². The van der Waals surface area contributed by atoms with Gasteiger partial charge in [0.05, 0.1) is 6.61 Å². The highest BCUT2D eigenvalue weighted by Gasteiger charge is 2.35. The van der Waals surface area contributed by atoms with E-state index in [-0.39, 0.29) is 12.1 Å². The predicted molar refractivity (Wildman–Crippen MR) is 89.6 cm³/mol. The maximum absolute atomic E-state index is 9.36. The molecule has 3 nitrogen and oxygen atoms in total. The van der Waals surface area contributed by atoms with Crippen molar-refractivity contribution in [1.82, 2.24) is 0 Å². The van der Waals surface area contributed by atoms with Gasteiger partial charge in [-0.3, -0.25) is 0 Å². The zero-order chi connectivity index (χ0) is 15.8. The molecular formula is C19H27NO2. The zero-order valence-corrected chi connectivity index (χ0v) is 13.5. The third-order valence-corrected chi connectivity index (χ3v) is 4.47. The normalized spacial score (nSPS) is 24.0. The average Bonchev–Trinajstić information content (AvgIpc) is 2.94. The van der Waals surface area contributed by atoms with E-state index >= 15 is 0 Å². The van der Waals surface area contributed by atoms with Gasteiger partial charge in [0.15, 0.2) is 0 Å². The Kier molecular flexibility index (Phi) is 6.45. The van der Waals surface area contributed by atoms with E-state index in [4.69, 9.17) is 10.5 Å². The summed E-state index contributed by atoms with van der Waals surface area (Å²) in [4.78, 5) is 0. The lowest BCUT2D eigenvalue weighted by Crippen LogP contribution is -2.40. The standard InChI is InChI=1S/C19H27NO2/c1-22-13-5-3-2-4-6-16-7-9-17(10-8-16)18-11-12-19(20,14-18)15-21/h7-10,18,21H,2-3,5,11-15,20H2,1H3/t18-,19+/m1/s1. The molecule has 0 saturated heterocycles. The van der Waals surface area contributed by atoms with Gasteiger partial charge in [-0.1, -0.05) is 24.0 Å². The van der Waals surface area contributed by atoms with E-state index < -0.39 is 0 Å². The Morgan fingerprint density at radius 3 is 2.73 bits per heavy atom. The summed E-state index contributed by atoms with van der Waals surface area (Å²) in [5.41, 5.74) is 8.14. The van der Waals surface area contributed by atoms with Crippen molar-refractivity contribution in [3.05, 3.63) is 35.4 Å². The smallest absolute Gasteiger partial charge is 0.0611 e. The Hall–Kier alpha value is -1.34. The van der Waals surface area contributed by atoms with Crippen LogP contribution in [0.25, 0.3) is 0 Å². The van der Waals surface area contributed by atoms with Crippen molar-refractivity contribution >= 4 is 0 Å². The lowest BCUT2D eigenvalue weighted by atomic mass is 9.93. The van der Waals surface area contributed by atoms with Gasteiger partial charge >= 0.3 is 0 Å². The minimum Gasteiger partial charge on any atom is -0.394 e. The minimum atomic E-state index is -0.384. The zero-order valence-electron chi connectivity index (χ0n) is 13.5. The van der Waals surface area contributed by atoms with Gasteiger partial charge in [0.1, 0.15) is 0 Å². The number of hydrogen-bond acceptors (Lipinski definition) is 3. The summed E-state index contributed by atoms with van der Waals surface area (Å²) in [6.07, 6.45) is 5.89. The Morgan fingerprint density at radius 2 is 2.09 bits per heavy atom. The topological polar surface area (TPSA) is 55.5 Å². The highest BCUT2D eigenvalue weighted by molar-refractivity contribution is 5.37. The third-order valence-electron chi connectivity index (χ3n) is 4.47. The molecule has 0 aromatic heterocycles. The number of methoxy groups -OCH3 is 1. The summed E-state index contributed by atoms with van der Waals surface area (Å²) < 4.78 is 5.02. The first-order valence-electron chi connectivity index (χ1n) is 8.14. The molecule has 2 atom stereocenters. The molecule has 0 radical (unpaired) electrons. The third kappa shape index (κ3) is 4.84. The van der Waals surface area contributed by atoms with Crippen LogP contribution in [0.5, 0.6) is 0 Å². The summed E-state index contributed by atoms with van der Waals surface area (Å²) in [5, 5.41) is 9.36. The highest BCUT2D eigenvalue weighted by Crippen LogP contribution is 2.39. The monoisotopic (exact) mass is 301 g/mol. The van der Waals surface area contributed by atoms with Gasteiger partial charge in [-0.05, 0) is 55.7 Å². The molecule has 0 aliphatic heterocycles. The summed E-state index contributed by atoms with van der Waals surface area (Å²) in [5.74, 6) is 6.89. The van der Waals surface area contributed by atoms with Crippen LogP contribution in [0, 0.1) is 11.8 Å². The second-order valence-corrected chi connectivity index (χ2v) is 6.33. The van der Waals surface area contributed by atoms with Crippen LogP contribution >= 0.6 is 0 Å². The van der Waals surface area contributed by atoms with E-state index in [0.29, 0.717) is 5.92 Å². The first-order chi connectivity index (χ1) is 10.7. The summed E-state index contributed by atoms with van der Waals surface area (Å²) in [6, 6.07) is 8.49. The van der Waals surface area contributed by atoms with Gasteiger partial charge < -0.3 is 15.6 Å². The Balaban J connectivity index is 1.85. The maximum atomic E-state index is 9.36. The number of aliphatic hydroxyl groups excluding tert-OH is 1. The van der Waals surface area contributed by atoms with Crippen molar-refractivity contribution in [2.45, 2.75) is 50.0 Å². The lowest BCUT2D eigenvalue weighted by molar-refractivity contribution is 0.193. The number of ether oxygens (including phenoxy) is 1. The number of rotatable bonds is 6. The molecule has 0 bridgehead atoms. The minimum absolute atomic E-state index is 0.0795. The molecule has 1 aromatic rings. The van der Waals surface area contributed by atoms with Gasteiger partial charge in [0, 0.05) is 31.2 Å². The number of hydrogen-bond donors (Lipinski definition) is 2. The molecule has 2 rings (SSSR count). The largest absolute Gasteiger partial charge is 0.394 e. The molecule has 0 unspecified atom stereocenters. The van der Waals surface area contributed by atoms with E-state index in [2.05, 4.69) is 36.1 Å². The number of unbranched alkanes of at least 4 members (excludes halogenated alkanes) is 2. The van der Waals surface area contributed by atoms with Gasteiger partial charge in [-0.25, -0.2) is 0 Å². The van der Waals surface area contributed by atoms with Crippen molar-refractivity contribution in [3.63, 3.8) is 0 Å². The van der Waals surface area contributed by atoms with Crippen molar-refractivity contribution in [2.75, 3.05) is 20.3 Å². The molecular weight excluding hydrogens is 274 g/mol. The molecule has 120 valence electrons. The Labute approximate surface area is 133 Å². The quantitative estimate of drug-likeness (QED) is 0.627. The summed E-state index contributed by atoms with van der Waals surface area (Å²) >= 11 is 0. The first kappa shape index (κ1) is 17.0. The average molecular weight is 301 g/mol. The van der Waals surface area contributed by atoms with Crippen LogP contribution in [-0.4, -0.2) is 31.0 Å². The molecule has 0 heterocycles. The fourth-order valence-corrected chi connectivity index (χ4v) is 3.05.